The molecule has 1 aliphatic heterocycles. The van der Waals surface area contributed by atoms with Gasteiger partial charge in [0.15, 0.2) is 0 Å². The molecule has 21 heavy (non-hydrogen) atoms. The van der Waals surface area contributed by atoms with Crippen LogP contribution in [-0.4, -0.2) is 29.9 Å². The molecular formula is C17H22N2OS. The maximum absolute atomic E-state index is 12.9. The Morgan fingerprint density at radius 1 is 1.43 bits per heavy atom. The highest BCUT2D eigenvalue weighted by Gasteiger charge is 2.28. The summed E-state index contributed by atoms with van der Waals surface area (Å²) in [6.45, 7) is 5.75. The van der Waals surface area contributed by atoms with E-state index in [0.29, 0.717) is 5.92 Å². The fourth-order valence-electron chi connectivity index (χ4n) is 3.15. The highest BCUT2D eigenvalue weighted by atomic mass is 32.1. The lowest BCUT2D eigenvalue weighted by molar-refractivity contribution is 0.0665. The molecule has 1 aromatic carbocycles. The highest BCUT2D eigenvalue weighted by Crippen LogP contribution is 2.32. The number of amides is 1. The standard InChI is InChI=1S/C17H22N2OS/c1-11-14-7-3-4-8-15(14)21-16(11)17(20)19-9-5-6-13(10-19)12(2)18/h3-4,7-8,12-13H,5-6,9-10,18H2,1-2H3/t12-,13-/m0/s1. The van der Waals surface area contributed by atoms with Crippen LogP contribution in [0.1, 0.15) is 35.0 Å². The number of carbonyl (C=O) groups is 1. The van der Waals surface area contributed by atoms with Gasteiger partial charge in [0.2, 0.25) is 0 Å². The number of piperidine rings is 1. The molecule has 0 bridgehead atoms. The van der Waals surface area contributed by atoms with E-state index in [1.54, 1.807) is 11.3 Å². The van der Waals surface area contributed by atoms with Gasteiger partial charge >= 0.3 is 0 Å². The van der Waals surface area contributed by atoms with Crippen molar-refractivity contribution < 1.29 is 4.79 Å². The molecule has 3 rings (SSSR count). The lowest BCUT2D eigenvalue weighted by Gasteiger charge is -2.34. The summed E-state index contributed by atoms with van der Waals surface area (Å²) >= 11 is 1.61. The van der Waals surface area contributed by atoms with Gasteiger partial charge in [0.25, 0.3) is 5.91 Å². The van der Waals surface area contributed by atoms with Crippen molar-refractivity contribution in [3.63, 3.8) is 0 Å². The van der Waals surface area contributed by atoms with Crippen LogP contribution < -0.4 is 5.73 Å². The summed E-state index contributed by atoms with van der Waals surface area (Å²) in [7, 11) is 0. The lowest BCUT2D eigenvalue weighted by Crippen LogP contribution is -2.45. The van der Waals surface area contributed by atoms with Crippen molar-refractivity contribution >= 4 is 27.3 Å². The van der Waals surface area contributed by atoms with Crippen LogP contribution in [-0.2, 0) is 0 Å². The summed E-state index contributed by atoms with van der Waals surface area (Å²) in [6, 6.07) is 8.40. The third-order valence-electron chi connectivity index (χ3n) is 4.53. The van der Waals surface area contributed by atoms with Crippen molar-refractivity contribution in [3.8, 4) is 0 Å². The Balaban J connectivity index is 1.88. The number of benzene rings is 1. The minimum absolute atomic E-state index is 0.157. The minimum atomic E-state index is 0.157. The number of hydrogen-bond donors (Lipinski definition) is 1. The molecule has 1 aromatic heterocycles. The summed E-state index contributed by atoms with van der Waals surface area (Å²) < 4.78 is 1.19. The second-order valence-electron chi connectivity index (χ2n) is 6.06. The van der Waals surface area contributed by atoms with Crippen LogP contribution in [0, 0.1) is 12.8 Å². The van der Waals surface area contributed by atoms with Gasteiger partial charge in [-0.25, -0.2) is 0 Å². The zero-order valence-corrected chi connectivity index (χ0v) is 13.5. The number of thiophene rings is 1. The Bertz CT molecular complexity index is 662. The fraction of sp³-hybridized carbons (Fsp3) is 0.471. The largest absolute Gasteiger partial charge is 0.338 e. The van der Waals surface area contributed by atoms with Crippen LogP contribution in [0.25, 0.3) is 10.1 Å². The van der Waals surface area contributed by atoms with E-state index < -0.39 is 0 Å². The molecule has 112 valence electrons. The van der Waals surface area contributed by atoms with Gasteiger partial charge in [0.1, 0.15) is 0 Å². The van der Waals surface area contributed by atoms with E-state index >= 15 is 0 Å². The Morgan fingerprint density at radius 2 is 2.19 bits per heavy atom. The summed E-state index contributed by atoms with van der Waals surface area (Å²) in [5.41, 5.74) is 7.14. The molecule has 3 nitrogen and oxygen atoms in total. The topological polar surface area (TPSA) is 46.3 Å². The van der Waals surface area contributed by atoms with Crippen molar-refractivity contribution in [1.29, 1.82) is 0 Å². The molecular weight excluding hydrogens is 280 g/mol. The second-order valence-corrected chi connectivity index (χ2v) is 7.12. The quantitative estimate of drug-likeness (QED) is 0.924. The van der Waals surface area contributed by atoms with Gasteiger partial charge in [-0.15, -0.1) is 11.3 Å². The zero-order chi connectivity index (χ0) is 15.0. The van der Waals surface area contributed by atoms with E-state index in [1.165, 1.54) is 10.1 Å². The van der Waals surface area contributed by atoms with Crippen molar-refractivity contribution in [1.82, 2.24) is 4.90 Å². The molecule has 2 N–H and O–H groups in total. The SMILES string of the molecule is Cc1c(C(=O)N2CCC[C@H]([C@H](C)N)C2)sc2ccccc12. The molecule has 1 aliphatic rings. The Labute approximate surface area is 129 Å². The number of aryl methyl sites for hydroxylation is 1. The van der Waals surface area contributed by atoms with Crippen LogP contribution in [0.5, 0.6) is 0 Å². The first-order chi connectivity index (χ1) is 10.1. The average Bonchev–Trinajstić information content (AvgIpc) is 2.84. The van der Waals surface area contributed by atoms with Gasteiger partial charge in [-0.05, 0) is 49.6 Å². The maximum atomic E-state index is 12.9. The number of carbonyl (C=O) groups excluding carboxylic acids is 1. The summed E-state index contributed by atoms with van der Waals surface area (Å²) in [4.78, 5) is 15.7. The molecule has 1 fully saturated rings. The van der Waals surface area contributed by atoms with Crippen molar-refractivity contribution in [2.24, 2.45) is 11.7 Å². The van der Waals surface area contributed by atoms with Gasteiger partial charge < -0.3 is 10.6 Å². The lowest BCUT2D eigenvalue weighted by atomic mass is 9.92. The average molecular weight is 302 g/mol. The number of likely N-dealkylation sites (tertiary alicyclic amines) is 1. The van der Waals surface area contributed by atoms with E-state index in [0.717, 1.165) is 36.4 Å². The zero-order valence-electron chi connectivity index (χ0n) is 12.6. The van der Waals surface area contributed by atoms with Crippen LogP contribution in [0.4, 0.5) is 0 Å². The number of nitrogens with two attached hydrogens (primary N) is 1. The van der Waals surface area contributed by atoms with Crippen LogP contribution in [0.3, 0.4) is 0 Å². The predicted octanol–water partition coefficient (Wildman–Crippen LogP) is 3.41. The van der Waals surface area contributed by atoms with Gasteiger partial charge in [0.05, 0.1) is 4.88 Å². The Kier molecular flexibility index (Phi) is 4.00. The number of hydrogen-bond acceptors (Lipinski definition) is 3. The third kappa shape index (κ3) is 2.70. The first-order valence-corrected chi connectivity index (χ1v) is 8.42. The van der Waals surface area contributed by atoms with Crippen LogP contribution >= 0.6 is 11.3 Å². The molecule has 0 saturated carbocycles. The Morgan fingerprint density at radius 3 is 2.90 bits per heavy atom. The fourth-order valence-corrected chi connectivity index (χ4v) is 4.32. The van der Waals surface area contributed by atoms with Gasteiger partial charge in [0, 0.05) is 23.8 Å². The molecule has 2 aromatic rings. The maximum Gasteiger partial charge on any atom is 0.264 e. The van der Waals surface area contributed by atoms with Crippen LogP contribution in [0.2, 0.25) is 0 Å². The van der Waals surface area contributed by atoms with Crippen molar-refractivity contribution in [2.75, 3.05) is 13.1 Å². The molecule has 4 heteroatoms. The van der Waals surface area contributed by atoms with E-state index in [4.69, 9.17) is 5.73 Å². The van der Waals surface area contributed by atoms with Gasteiger partial charge in [-0.1, -0.05) is 18.2 Å². The van der Waals surface area contributed by atoms with E-state index in [9.17, 15) is 4.79 Å². The molecule has 2 atom stereocenters. The van der Waals surface area contributed by atoms with Crippen LogP contribution in [0.15, 0.2) is 24.3 Å². The third-order valence-corrected chi connectivity index (χ3v) is 5.79. The van der Waals surface area contributed by atoms with E-state index in [-0.39, 0.29) is 11.9 Å². The number of fused-ring (bicyclic) bond motifs is 1. The normalized spacial score (nSPS) is 20.7. The van der Waals surface area contributed by atoms with E-state index in [1.807, 2.05) is 24.0 Å². The van der Waals surface area contributed by atoms with Gasteiger partial charge in [-0.3, -0.25) is 4.79 Å². The predicted molar refractivity (Wildman–Crippen MR) is 88.8 cm³/mol. The molecule has 1 amide bonds. The molecule has 2 heterocycles. The highest BCUT2D eigenvalue weighted by molar-refractivity contribution is 7.21. The summed E-state index contributed by atoms with van der Waals surface area (Å²) in [6.07, 6.45) is 2.19. The minimum Gasteiger partial charge on any atom is -0.338 e. The first-order valence-electron chi connectivity index (χ1n) is 7.61. The van der Waals surface area contributed by atoms with Gasteiger partial charge in [-0.2, -0.15) is 0 Å². The second kappa shape index (κ2) is 5.78. The van der Waals surface area contributed by atoms with Crippen molar-refractivity contribution in [2.45, 2.75) is 32.7 Å². The summed E-state index contributed by atoms with van der Waals surface area (Å²) in [5.74, 6) is 0.608. The smallest absolute Gasteiger partial charge is 0.264 e. The summed E-state index contributed by atoms with van der Waals surface area (Å²) in [5, 5.41) is 1.20. The number of rotatable bonds is 2. The van der Waals surface area contributed by atoms with Crippen molar-refractivity contribution in [3.05, 3.63) is 34.7 Å². The molecule has 1 saturated heterocycles. The number of nitrogens with zero attached hydrogens (tertiary/aromatic N) is 1. The Hall–Kier alpha value is -1.39. The molecule has 0 aliphatic carbocycles. The van der Waals surface area contributed by atoms with E-state index in [2.05, 4.69) is 19.1 Å². The monoisotopic (exact) mass is 302 g/mol. The molecule has 0 unspecified atom stereocenters. The molecule has 0 radical (unpaired) electrons. The first kappa shape index (κ1) is 14.5. The molecule has 0 spiro atoms.